The predicted octanol–water partition coefficient (Wildman–Crippen LogP) is 4.15. The van der Waals surface area contributed by atoms with E-state index in [4.69, 9.17) is 9.72 Å². The van der Waals surface area contributed by atoms with E-state index in [1.807, 2.05) is 6.07 Å². The molecule has 0 radical (unpaired) electrons. The van der Waals surface area contributed by atoms with Gasteiger partial charge in [-0.15, -0.1) is 0 Å². The van der Waals surface area contributed by atoms with E-state index in [9.17, 15) is 4.79 Å². The fourth-order valence-corrected chi connectivity index (χ4v) is 2.66. The highest BCUT2D eigenvalue weighted by Crippen LogP contribution is 2.17. The molecule has 1 amide bonds. The molecule has 2 rings (SSSR count). The second-order valence-electron chi connectivity index (χ2n) is 6.52. The van der Waals surface area contributed by atoms with Gasteiger partial charge in [0.1, 0.15) is 5.82 Å². The van der Waals surface area contributed by atoms with Crippen LogP contribution >= 0.6 is 0 Å². The summed E-state index contributed by atoms with van der Waals surface area (Å²) in [6, 6.07) is 8.24. The Labute approximate surface area is 144 Å². The molecular formula is C19H29N3O2. The monoisotopic (exact) mass is 331 g/mol. The maximum Gasteiger partial charge on any atom is 0.407 e. The Morgan fingerprint density at radius 3 is 2.88 bits per heavy atom. The molecule has 5 nitrogen and oxygen atoms in total. The van der Waals surface area contributed by atoms with Crippen LogP contribution < -0.4 is 5.32 Å². The lowest BCUT2D eigenvalue weighted by Gasteiger charge is -2.09. The number of hydrogen-bond donors (Lipinski definition) is 1. The molecule has 1 aromatic carbocycles. The average Bonchev–Trinajstić information content (AvgIpc) is 2.90. The van der Waals surface area contributed by atoms with Crippen molar-refractivity contribution in [3.63, 3.8) is 0 Å². The lowest BCUT2D eigenvalue weighted by atomic mass is 10.1. The minimum Gasteiger partial charge on any atom is -0.450 e. The van der Waals surface area contributed by atoms with E-state index < -0.39 is 0 Å². The third kappa shape index (κ3) is 5.25. The van der Waals surface area contributed by atoms with Crippen molar-refractivity contribution in [2.24, 2.45) is 5.92 Å². The van der Waals surface area contributed by atoms with Crippen molar-refractivity contribution in [2.75, 3.05) is 13.2 Å². The molecule has 5 heteroatoms. The Kier molecular flexibility index (Phi) is 7.09. The number of alkyl carbamates (subject to hydrolysis) is 1. The summed E-state index contributed by atoms with van der Waals surface area (Å²) >= 11 is 0. The molecule has 0 saturated heterocycles. The topological polar surface area (TPSA) is 56.2 Å². The molecular weight excluding hydrogens is 302 g/mol. The lowest BCUT2D eigenvalue weighted by molar-refractivity contribution is 0.140. The standard InChI is InChI=1S/C19H29N3O2/c1-4-13-22-17-9-6-5-8-16(17)21-18(22)10-7-12-20-19(23)24-14-11-15(2)3/h5-6,8-9,15H,4,7,10-14H2,1-3H3,(H,20,23). The van der Waals surface area contributed by atoms with Gasteiger partial charge in [-0.3, -0.25) is 0 Å². The summed E-state index contributed by atoms with van der Waals surface area (Å²) in [5, 5.41) is 2.81. The highest BCUT2D eigenvalue weighted by atomic mass is 16.5. The normalized spacial score (nSPS) is 11.2. The number of carbonyl (C=O) groups excluding carboxylic acids is 1. The molecule has 0 saturated carbocycles. The number of para-hydroxylation sites is 2. The highest BCUT2D eigenvalue weighted by Gasteiger charge is 2.09. The van der Waals surface area contributed by atoms with Crippen LogP contribution in [0.4, 0.5) is 4.79 Å². The van der Waals surface area contributed by atoms with Crippen molar-refractivity contribution < 1.29 is 9.53 Å². The first-order chi connectivity index (χ1) is 11.6. The first-order valence-corrected chi connectivity index (χ1v) is 8.96. The zero-order valence-corrected chi connectivity index (χ0v) is 15.0. The van der Waals surface area contributed by atoms with Crippen molar-refractivity contribution >= 4 is 17.1 Å². The number of aromatic nitrogens is 2. The van der Waals surface area contributed by atoms with Gasteiger partial charge in [-0.05, 0) is 37.3 Å². The van der Waals surface area contributed by atoms with Crippen molar-refractivity contribution in [3.05, 3.63) is 30.1 Å². The Balaban J connectivity index is 1.81. The summed E-state index contributed by atoms with van der Waals surface area (Å²) in [6.07, 6.45) is 3.35. The largest absolute Gasteiger partial charge is 0.450 e. The van der Waals surface area contributed by atoms with Crippen LogP contribution in [0.5, 0.6) is 0 Å². The summed E-state index contributed by atoms with van der Waals surface area (Å²) in [5.74, 6) is 1.64. The van der Waals surface area contributed by atoms with Crippen molar-refractivity contribution in [1.29, 1.82) is 0 Å². The number of hydrogen-bond acceptors (Lipinski definition) is 3. The van der Waals surface area contributed by atoms with Crippen LogP contribution in [0.1, 0.15) is 45.9 Å². The number of nitrogens with one attached hydrogen (secondary N) is 1. The maximum atomic E-state index is 11.6. The molecule has 0 spiro atoms. The van der Waals surface area contributed by atoms with E-state index in [2.05, 4.69) is 48.9 Å². The Morgan fingerprint density at radius 1 is 1.33 bits per heavy atom. The fraction of sp³-hybridized carbons (Fsp3) is 0.579. The van der Waals surface area contributed by atoms with Crippen LogP contribution in [-0.4, -0.2) is 28.8 Å². The van der Waals surface area contributed by atoms with Gasteiger partial charge < -0.3 is 14.6 Å². The molecule has 0 atom stereocenters. The second-order valence-corrected chi connectivity index (χ2v) is 6.52. The minimum absolute atomic E-state index is 0.322. The zero-order valence-electron chi connectivity index (χ0n) is 15.0. The van der Waals surface area contributed by atoms with Gasteiger partial charge in [-0.1, -0.05) is 32.9 Å². The van der Waals surface area contributed by atoms with Gasteiger partial charge in [0, 0.05) is 19.5 Å². The third-order valence-corrected chi connectivity index (χ3v) is 3.96. The van der Waals surface area contributed by atoms with Crippen LogP contribution in [0.2, 0.25) is 0 Å². The number of rotatable bonds is 9. The molecule has 1 heterocycles. The smallest absolute Gasteiger partial charge is 0.407 e. The van der Waals surface area contributed by atoms with Crippen molar-refractivity contribution in [1.82, 2.24) is 14.9 Å². The number of benzene rings is 1. The van der Waals surface area contributed by atoms with E-state index in [0.29, 0.717) is 19.1 Å². The Morgan fingerprint density at radius 2 is 2.12 bits per heavy atom. The Bertz CT molecular complexity index is 649. The molecule has 0 aliphatic carbocycles. The molecule has 0 aliphatic rings. The quantitative estimate of drug-likeness (QED) is 0.702. The predicted molar refractivity (Wildman–Crippen MR) is 97.2 cm³/mol. The zero-order chi connectivity index (χ0) is 17.4. The Hall–Kier alpha value is -2.04. The van der Waals surface area contributed by atoms with Gasteiger partial charge in [0.15, 0.2) is 0 Å². The number of nitrogens with zero attached hydrogens (tertiary/aromatic N) is 2. The first-order valence-electron chi connectivity index (χ1n) is 8.96. The van der Waals surface area contributed by atoms with Gasteiger partial charge in [-0.25, -0.2) is 9.78 Å². The number of fused-ring (bicyclic) bond motifs is 1. The summed E-state index contributed by atoms with van der Waals surface area (Å²) in [5.41, 5.74) is 2.23. The van der Waals surface area contributed by atoms with Gasteiger partial charge in [0.05, 0.1) is 17.6 Å². The van der Waals surface area contributed by atoms with Crippen LogP contribution in [0.15, 0.2) is 24.3 Å². The third-order valence-electron chi connectivity index (χ3n) is 3.96. The molecule has 0 bridgehead atoms. The number of ether oxygens (including phenoxy) is 1. The van der Waals surface area contributed by atoms with Crippen LogP contribution in [-0.2, 0) is 17.7 Å². The van der Waals surface area contributed by atoms with Crippen molar-refractivity contribution in [3.8, 4) is 0 Å². The van der Waals surface area contributed by atoms with Gasteiger partial charge in [0.25, 0.3) is 0 Å². The fourth-order valence-electron chi connectivity index (χ4n) is 2.66. The molecule has 0 fully saturated rings. The SMILES string of the molecule is CCCn1c(CCCNC(=O)OCCC(C)C)nc2ccccc21. The summed E-state index contributed by atoms with van der Waals surface area (Å²) in [6.45, 7) is 8.47. The minimum atomic E-state index is -0.322. The van der Waals surface area contributed by atoms with E-state index in [0.717, 1.165) is 43.6 Å². The van der Waals surface area contributed by atoms with Crippen LogP contribution in [0.25, 0.3) is 11.0 Å². The van der Waals surface area contributed by atoms with Crippen LogP contribution in [0.3, 0.4) is 0 Å². The summed E-state index contributed by atoms with van der Waals surface area (Å²) in [4.78, 5) is 16.3. The number of amides is 1. The number of aryl methyl sites for hydroxylation is 2. The molecule has 24 heavy (non-hydrogen) atoms. The summed E-state index contributed by atoms with van der Waals surface area (Å²) < 4.78 is 7.43. The molecule has 2 aromatic rings. The number of carbonyl (C=O) groups is 1. The van der Waals surface area contributed by atoms with E-state index in [1.54, 1.807) is 0 Å². The first kappa shape index (κ1) is 18.3. The highest BCUT2D eigenvalue weighted by molar-refractivity contribution is 5.75. The number of imidazole rings is 1. The molecule has 0 unspecified atom stereocenters. The molecule has 1 aromatic heterocycles. The van der Waals surface area contributed by atoms with E-state index >= 15 is 0 Å². The van der Waals surface area contributed by atoms with E-state index in [-0.39, 0.29) is 6.09 Å². The van der Waals surface area contributed by atoms with E-state index in [1.165, 1.54) is 5.52 Å². The van der Waals surface area contributed by atoms with Crippen molar-refractivity contribution in [2.45, 2.75) is 53.0 Å². The average molecular weight is 331 g/mol. The van der Waals surface area contributed by atoms with Crippen LogP contribution in [0, 0.1) is 5.92 Å². The molecule has 1 N–H and O–H groups in total. The van der Waals surface area contributed by atoms with Gasteiger partial charge in [-0.2, -0.15) is 0 Å². The molecule has 132 valence electrons. The van der Waals surface area contributed by atoms with Gasteiger partial charge in [0.2, 0.25) is 0 Å². The summed E-state index contributed by atoms with van der Waals surface area (Å²) in [7, 11) is 0. The van der Waals surface area contributed by atoms with Gasteiger partial charge >= 0.3 is 6.09 Å². The lowest BCUT2D eigenvalue weighted by Crippen LogP contribution is -2.26. The molecule has 0 aliphatic heterocycles. The maximum absolute atomic E-state index is 11.6. The second kappa shape index (κ2) is 9.30.